The summed E-state index contributed by atoms with van der Waals surface area (Å²) in [5.41, 5.74) is 0. The number of carbonyl (C=O) groups is 1. The largest absolute Gasteiger partial charge is 0.481 e. The van der Waals surface area contributed by atoms with E-state index in [-0.39, 0.29) is 10.8 Å². The van der Waals surface area contributed by atoms with Gasteiger partial charge in [-0.3, -0.25) is 4.79 Å². The fraction of sp³-hybridized carbons (Fsp3) is 0.143. The molecule has 3 nitrogen and oxygen atoms in total. The number of carboxylic acids is 1. The number of nitrogens with zero attached hydrogens (tertiary/aromatic N) is 1. The van der Waals surface area contributed by atoms with Gasteiger partial charge in [-0.25, -0.2) is 9.37 Å². The van der Waals surface area contributed by atoms with Crippen molar-refractivity contribution in [3.8, 4) is 0 Å². The summed E-state index contributed by atoms with van der Waals surface area (Å²) in [5.74, 6) is -1.75. The molecule has 76 valence electrons. The highest BCUT2D eigenvalue weighted by molar-refractivity contribution is 9.13. The topological polar surface area (TPSA) is 50.2 Å². The second kappa shape index (κ2) is 5.09. The van der Waals surface area contributed by atoms with Crippen molar-refractivity contribution >= 4 is 49.6 Å². The lowest BCUT2D eigenvalue weighted by molar-refractivity contribution is -0.133. The van der Waals surface area contributed by atoms with Gasteiger partial charge in [0.1, 0.15) is 9.63 Å². The van der Waals surface area contributed by atoms with Gasteiger partial charge in [0.25, 0.3) is 0 Å². The average molecular weight is 345 g/mol. The number of aromatic nitrogens is 1. The summed E-state index contributed by atoms with van der Waals surface area (Å²) in [6.07, 6.45) is 0. The Morgan fingerprint density at radius 1 is 1.64 bits per heavy atom. The van der Waals surface area contributed by atoms with Crippen LogP contribution in [-0.2, 0) is 4.79 Å². The first-order valence-corrected chi connectivity index (χ1v) is 5.94. The molecule has 0 aliphatic rings. The van der Waals surface area contributed by atoms with Gasteiger partial charge in [0.15, 0.2) is 5.82 Å². The van der Waals surface area contributed by atoms with Crippen LogP contribution >= 0.6 is 43.6 Å². The maximum absolute atomic E-state index is 13.2. The molecule has 0 aromatic carbocycles. The minimum Gasteiger partial charge on any atom is -0.481 e. The number of rotatable bonds is 3. The number of hydrogen-bond acceptors (Lipinski definition) is 3. The van der Waals surface area contributed by atoms with Crippen LogP contribution in [0.25, 0.3) is 0 Å². The first-order chi connectivity index (χ1) is 6.50. The molecule has 0 atom stereocenters. The van der Waals surface area contributed by atoms with E-state index >= 15 is 0 Å². The SMILES string of the molecule is O=C(O)CSc1nc(Br)c(Br)cc1F. The lowest BCUT2D eigenvalue weighted by atomic mass is 10.5. The molecule has 7 heteroatoms. The molecule has 0 saturated heterocycles. The zero-order valence-electron chi connectivity index (χ0n) is 6.63. The van der Waals surface area contributed by atoms with Crippen molar-refractivity contribution in [2.24, 2.45) is 0 Å². The smallest absolute Gasteiger partial charge is 0.313 e. The average Bonchev–Trinajstić information content (AvgIpc) is 2.09. The molecule has 0 aliphatic heterocycles. The van der Waals surface area contributed by atoms with E-state index in [1.165, 1.54) is 6.07 Å². The maximum Gasteiger partial charge on any atom is 0.313 e. The maximum atomic E-state index is 13.2. The van der Waals surface area contributed by atoms with Gasteiger partial charge in [0.2, 0.25) is 0 Å². The molecular weight excluding hydrogens is 341 g/mol. The van der Waals surface area contributed by atoms with E-state index in [0.29, 0.717) is 9.08 Å². The Kier molecular flexibility index (Phi) is 4.33. The third-order valence-corrected chi connectivity index (χ3v) is 3.88. The minimum atomic E-state index is -1.00. The molecule has 1 aromatic rings. The van der Waals surface area contributed by atoms with E-state index in [9.17, 15) is 9.18 Å². The third kappa shape index (κ3) is 3.21. The van der Waals surface area contributed by atoms with Crippen molar-refractivity contribution in [1.82, 2.24) is 4.98 Å². The van der Waals surface area contributed by atoms with E-state index in [0.717, 1.165) is 11.8 Å². The predicted octanol–water partition coefficient (Wildman–Crippen LogP) is 2.92. The van der Waals surface area contributed by atoms with Crippen LogP contribution in [-0.4, -0.2) is 21.8 Å². The van der Waals surface area contributed by atoms with Gasteiger partial charge in [0.05, 0.1) is 10.2 Å². The lowest BCUT2D eigenvalue weighted by Gasteiger charge is -2.02. The Hall–Kier alpha value is -0.140. The molecule has 0 amide bonds. The van der Waals surface area contributed by atoms with Crippen LogP contribution in [0, 0.1) is 5.82 Å². The molecule has 0 radical (unpaired) electrons. The number of halogens is 3. The van der Waals surface area contributed by atoms with Gasteiger partial charge < -0.3 is 5.11 Å². The molecule has 0 unspecified atom stereocenters. The van der Waals surface area contributed by atoms with E-state index < -0.39 is 11.8 Å². The Morgan fingerprint density at radius 3 is 2.86 bits per heavy atom. The van der Waals surface area contributed by atoms with Crippen LogP contribution in [0.5, 0.6) is 0 Å². The van der Waals surface area contributed by atoms with Crippen LogP contribution in [0.2, 0.25) is 0 Å². The van der Waals surface area contributed by atoms with Crippen LogP contribution < -0.4 is 0 Å². The molecule has 1 aromatic heterocycles. The van der Waals surface area contributed by atoms with Crippen LogP contribution in [0.15, 0.2) is 20.2 Å². The minimum absolute atomic E-state index is 0.0717. The van der Waals surface area contributed by atoms with Gasteiger partial charge in [-0.2, -0.15) is 0 Å². The van der Waals surface area contributed by atoms with Crippen molar-refractivity contribution in [2.75, 3.05) is 5.75 Å². The summed E-state index contributed by atoms with van der Waals surface area (Å²) in [6.45, 7) is 0. The quantitative estimate of drug-likeness (QED) is 0.676. The van der Waals surface area contributed by atoms with Gasteiger partial charge in [-0.1, -0.05) is 11.8 Å². The molecule has 0 bridgehead atoms. The van der Waals surface area contributed by atoms with Crippen molar-refractivity contribution in [2.45, 2.75) is 5.03 Å². The highest BCUT2D eigenvalue weighted by Crippen LogP contribution is 2.27. The number of pyridine rings is 1. The van der Waals surface area contributed by atoms with Crippen molar-refractivity contribution in [1.29, 1.82) is 0 Å². The molecule has 14 heavy (non-hydrogen) atoms. The monoisotopic (exact) mass is 343 g/mol. The molecule has 1 heterocycles. The van der Waals surface area contributed by atoms with E-state index in [2.05, 4.69) is 36.8 Å². The number of aliphatic carboxylic acids is 1. The predicted molar refractivity (Wildman–Crippen MR) is 58.0 cm³/mol. The van der Waals surface area contributed by atoms with Crippen LogP contribution in [0.1, 0.15) is 0 Å². The van der Waals surface area contributed by atoms with Crippen molar-refractivity contribution in [3.05, 3.63) is 21.0 Å². The lowest BCUT2D eigenvalue weighted by Crippen LogP contribution is -1.99. The molecule has 1 rings (SSSR count). The molecule has 0 aliphatic carbocycles. The Labute approximate surface area is 100 Å². The molecule has 1 N–H and O–H groups in total. The Bertz CT molecular complexity index is 375. The summed E-state index contributed by atoms with van der Waals surface area (Å²) in [6, 6.07) is 1.24. The number of carboxylic acid groups (broad SMARTS) is 1. The summed E-state index contributed by atoms with van der Waals surface area (Å²) in [5, 5.41) is 8.47. The normalized spacial score (nSPS) is 10.2. The highest BCUT2D eigenvalue weighted by atomic mass is 79.9. The van der Waals surface area contributed by atoms with Crippen molar-refractivity contribution < 1.29 is 14.3 Å². The van der Waals surface area contributed by atoms with E-state index in [4.69, 9.17) is 5.11 Å². The fourth-order valence-electron chi connectivity index (χ4n) is 0.660. The molecule has 0 spiro atoms. The van der Waals surface area contributed by atoms with E-state index in [1.807, 2.05) is 0 Å². The molecular formula is C7H4Br2FNO2S. The zero-order chi connectivity index (χ0) is 10.7. The first-order valence-electron chi connectivity index (χ1n) is 3.37. The fourth-order valence-corrected chi connectivity index (χ4v) is 1.97. The summed E-state index contributed by atoms with van der Waals surface area (Å²) >= 11 is 7.03. The Balaban J connectivity index is 2.87. The molecule has 0 fully saturated rings. The van der Waals surface area contributed by atoms with Gasteiger partial charge in [0, 0.05) is 0 Å². The summed E-state index contributed by atoms with van der Waals surface area (Å²) in [4.78, 5) is 14.1. The summed E-state index contributed by atoms with van der Waals surface area (Å²) < 4.78 is 14.1. The van der Waals surface area contributed by atoms with Gasteiger partial charge in [-0.05, 0) is 37.9 Å². The zero-order valence-corrected chi connectivity index (χ0v) is 10.6. The summed E-state index contributed by atoms with van der Waals surface area (Å²) in [7, 11) is 0. The first kappa shape index (κ1) is 11.9. The van der Waals surface area contributed by atoms with E-state index in [1.54, 1.807) is 0 Å². The van der Waals surface area contributed by atoms with Gasteiger partial charge in [-0.15, -0.1) is 0 Å². The second-order valence-corrected chi connectivity index (χ2v) is 4.80. The van der Waals surface area contributed by atoms with Gasteiger partial charge >= 0.3 is 5.97 Å². The van der Waals surface area contributed by atoms with Crippen LogP contribution in [0.4, 0.5) is 4.39 Å². The number of hydrogen-bond donors (Lipinski definition) is 1. The third-order valence-electron chi connectivity index (χ3n) is 1.19. The Morgan fingerprint density at radius 2 is 2.29 bits per heavy atom. The second-order valence-electron chi connectivity index (χ2n) is 2.23. The van der Waals surface area contributed by atoms with Crippen LogP contribution in [0.3, 0.4) is 0 Å². The molecule has 0 saturated carbocycles. The highest BCUT2D eigenvalue weighted by Gasteiger charge is 2.10. The van der Waals surface area contributed by atoms with Crippen molar-refractivity contribution in [3.63, 3.8) is 0 Å². The number of thioether (sulfide) groups is 1. The standard InChI is InChI=1S/C7H4Br2FNO2S/c8-3-1-4(10)7(11-6(3)9)14-2-5(12)13/h1H,2H2,(H,12,13).